The molecular weight excluding hydrogens is 300 g/mol. The molecule has 0 bridgehead atoms. The molecule has 0 atom stereocenters. The number of hydrogen-bond acceptors (Lipinski definition) is 4. The molecule has 1 aromatic carbocycles. The Morgan fingerprint density at radius 1 is 1.17 bits per heavy atom. The van der Waals surface area contributed by atoms with E-state index in [1.807, 2.05) is 49.0 Å². The molecule has 0 aliphatic rings. The highest BCUT2D eigenvalue weighted by molar-refractivity contribution is 5.49. The van der Waals surface area contributed by atoms with Gasteiger partial charge in [-0.15, -0.1) is 0 Å². The number of rotatable bonds is 6. The Kier molecular flexibility index (Phi) is 4.66. The second-order valence-electron chi connectivity index (χ2n) is 6.11. The molecule has 1 N–H and O–H groups in total. The first kappa shape index (κ1) is 16.3. The molecule has 0 amide bonds. The third-order valence-corrected chi connectivity index (χ3v) is 4.13. The lowest BCUT2D eigenvalue weighted by atomic mass is 10.1. The van der Waals surface area contributed by atoms with E-state index in [9.17, 15) is 0 Å². The van der Waals surface area contributed by atoms with Gasteiger partial charge in [0.2, 0.25) is 0 Å². The van der Waals surface area contributed by atoms with Gasteiger partial charge in [-0.05, 0) is 18.6 Å². The lowest BCUT2D eigenvalue weighted by Gasteiger charge is -2.16. The van der Waals surface area contributed by atoms with Crippen LogP contribution >= 0.6 is 0 Å². The minimum Gasteiger partial charge on any atom is -0.363 e. The highest BCUT2D eigenvalue weighted by Crippen LogP contribution is 2.21. The van der Waals surface area contributed by atoms with Crippen LogP contribution in [0.5, 0.6) is 0 Å². The fourth-order valence-corrected chi connectivity index (χ4v) is 3.09. The molecule has 0 spiro atoms. The van der Waals surface area contributed by atoms with Gasteiger partial charge in [0.05, 0.1) is 17.7 Å². The molecule has 0 aliphatic heterocycles. The van der Waals surface area contributed by atoms with Crippen LogP contribution in [0.15, 0.2) is 43.0 Å². The minimum atomic E-state index is 0.783. The smallest absolute Gasteiger partial charge is 0.130 e. The monoisotopic (exact) mass is 324 g/mol. The van der Waals surface area contributed by atoms with Crippen molar-refractivity contribution < 1.29 is 0 Å². The Balaban J connectivity index is 1.75. The van der Waals surface area contributed by atoms with Gasteiger partial charge in [0.25, 0.3) is 0 Å². The molecule has 0 radical (unpaired) electrons. The zero-order chi connectivity index (χ0) is 17.1. The molecular formula is C18H24N6. The minimum absolute atomic E-state index is 0.783. The summed E-state index contributed by atoms with van der Waals surface area (Å²) in [6.07, 6.45) is 5.59. The molecule has 0 saturated heterocycles. The third kappa shape index (κ3) is 3.19. The van der Waals surface area contributed by atoms with Crippen molar-refractivity contribution in [1.82, 2.24) is 24.6 Å². The number of hydrogen-bond donors (Lipinski definition) is 1. The highest BCUT2D eigenvalue weighted by atomic mass is 15.4. The Morgan fingerprint density at radius 2 is 1.96 bits per heavy atom. The number of nitrogens with zero attached hydrogens (tertiary/aromatic N) is 5. The first-order valence-corrected chi connectivity index (χ1v) is 8.04. The van der Waals surface area contributed by atoms with E-state index in [1.165, 1.54) is 11.1 Å². The molecule has 24 heavy (non-hydrogen) atoms. The van der Waals surface area contributed by atoms with Crippen LogP contribution in [0.25, 0.3) is 5.69 Å². The summed E-state index contributed by atoms with van der Waals surface area (Å²) in [4.78, 5) is 6.25. The van der Waals surface area contributed by atoms with Crippen LogP contribution < -0.4 is 10.2 Å². The lowest BCUT2D eigenvalue weighted by molar-refractivity contribution is 0.685. The van der Waals surface area contributed by atoms with Crippen molar-refractivity contribution in [3.05, 3.63) is 59.8 Å². The van der Waals surface area contributed by atoms with Crippen LogP contribution in [-0.4, -0.2) is 33.4 Å². The van der Waals surface area contributed by atoms with E-state index in [0.717, 1.165) is 30.3 Å². The number of anilines is 1. The van der Waals surface area contributed by atoms with Crippen LogP contribution in [-0.2, 0) is 20.1 Å². The zero-order valence-electron chi connectivity index (χ0n) is 14.7. The van der Waals surface area contributed by atoms with Gasteiger partial charge in [-0.25, -0.2) is 4.98 Å². The predicted octanol–water partition coefficient (Wildman–Crippen LogP) is 2.27. The molecule has 6 heteroatoms. The van der Waals surface area contributed by atoms with Gasteiger partial charge in [0.1, 0.15) is 5.82 Å². The average Bonchev–Trinajstić information content (AvgIpc) is 3.16. The molecule has 0 fully saturated rings. The Bertz CT molecular complexity index is 801. The number of benzene rings is 1. The van der Waals surface area contributed by atoms with E-state index >= 15 is 0 Å². The van der Waals surface area contributed by atoms with E-state index in [4.69, 9.17) is 0 Å². The number of aryl methyl sites for hydroxylation is 2. The van der Waals surface area contributed by atoms with Crippen LogP contribution in [0, 0.1) is 6.92 Å². The van der Waals surface area contributed by atoms with E-state index in [-0.39, 0.29) is 0 Å². The molecule has 126 valence electrons. The molecule has 0 saturated carbocycles. The van der Waals surface area contributed by atoms with Gasteiger partial charge in [0.15, 0.2) is 0 Å². The summed E-state index contributed by atoms with van der Waals surface area (Å²) in [6.45, 7) is 3.63. The quantitative estimate of drug-likeness (QED) is 0.756. The molecule has 0 unspecified atom stereocenters. The van der Waals surface area contributed by atoms with E-state index < -0.39 is 0 Å². The second kappa shape index (κ2) is 6.88. The van der Waals surface area contributed by atoms with Crippen molar-refractivity contribution in [3.63, 3.8) is 0 Å². The summed E-state index contributed by atoms with van der Waals surface area (Å²) in [6, 6.07) is 8.37. The average molecular weight is 324 g/mol. The molecule has 0 aliphatic carbocycles. The second-order valence-corrected chi connectivity index (χ2v) is 6.11. The summed E-state index contributed by atoms with van der Waals surface area (Å²) in [7, 11) is 6.09. The van der Waals surface area contributed by atoms with Crippen LogP contribution in [0.3, 0.4) is 0 Å². The van der Waals surface area contributed by atoms with Gasteiger partial charge in [0, 0.05) is 52.2 Å². The summed E-state index contributed by atoms with van der Waals surface area (Å²) in [5.41, 5.74) is 4.70. The van der Waals surface area contributed by atoms with Gasteiger partial charge in [-0.3, -0.25) is 4.68 Å². The third-order valence-electron chi connectivity index (χ3n) is 4.13. The fourth-order valence-electron chi connectivity index (χ4n) is 3.09. The summed E-state index contributed by atoms with van der Waals surface area (Å²) < 4.78 is 3.98. The highest BCUT2D eigenvalue weighted by Gasteiger charge is 2.14. The number of nitrogens with one attached hydrogen (secondary N) is 1. The molecule has 3 aromatic rings. The maximum absolute atomic E-state index is 4.54. The van der Waals surface area contributed by atoms with Crippen molar-refractivity contribution in [1.29, 1.82) is 0 Å². The van der Waals surface area contributed by atoms with Crippen LogP contribution in [0.4, 0.5) is 5.82 Å². The fraction of sp³-hybridized carbons (Fsp3) is 0.333. The van der Waals surface area contributed by atoms with E-state index in [1.54, 1.807) is 6.20 Å². The van der Waals surface area contributed by atoms with Crippen molar-refractivity contribution in [2.24, 2.45) is 7.05 Å². The van der Waals surface area contributed by atoms with E-state index in [0.29, 0.717) is 0 Å². The van der Waals surface area contributed by atoms with Crippen LogP contribution in [0.1, 0.15) is 16.8 Å². The SMILES string of the molecule is Cc1nn(C)c(N(C)C)c1CNCc1ccccc1-n1ccnc1. The largest absolute Gasteiger partial charge is 0.363 e. The van der Waals surface area contributed by atoms with Gasteiger partial charge >= 0.3 is 0 Å². The summed E-state index contributed by atoms with van der Waals surface area (Å²) in [5, 5.41) is 8.09. The zero-order valence-corrected chi connectivity index (χ0v) is 14.7. The molecule has 6 nitrogen and oxygen atoms in total. The van der Waals surface area contributed by atoms with Gasteiger partial charge in [-0.1, -0.05) is 18.2 Å². The first-order valence-electron chi connectivity index (χ1n) is 8.04. The van der Waals surface area contributed by atoms with Crippen molar-refractivity contribution in [3.8, 4) is 5.69 Å². The summed E-state index contributed by atoms with van der Waals surface area (Å²) in [5.74, 6) is 1.14. The Morgan fingerprint density at radius 3 is 2.67 bits per heavy atom. The normalized spacial score (nSPS) is 11.0. The van der Waals surface area contributed by atoms with Crippen molar-refractivity contribution in [2.45, 2.75) is 20.0 Å². The maximum atomic E-state index is 4.54. The van der Waals surface area contributed by atoms with Crippen molar-refractivity contribution in [2.75, 3.05) is 19.0 Å². The van der Waals surface area contributed by atoms with Crippen LogP contribution in [0.2, 0.25) is 0 Å². The van der Waals surface area contributed by atoms with Crippen molar-refractivity contribution >= 4 is 5.82 Å². The maximum Gasteiger partial charge on any atom is 0.130 e. The van der Waals surface area contributed by atoms with Gasteiger partial charge < -0.3 is 14.8 Å². The van der Waals surface area contributed by atoms with Gasteiger partial charge in [-0.2, -0.15) is 5.10 Å². The Labute approximate surface area is 142 Å². The molecule has 3 rings (SSSR count). The molecule has 2 heterocycles. The topological polar surface area (TPSA) is 50.9 Å². The predicted molar refractivity (Wildman–Crippen MR) is 96.4 cm³/mol. The Hall–Kier alpha value is -2.60. The number of aromatic nitrogens is 4. The number of imidazole rings is 1. The summed E-state index contributed by atoms with van der Waals surface area (Å²) >= 11 is 0. The van der Waals surface area contributed by atoms with E-state index in [2.05, 4.69) is 45.4 Å². The lowest BCUT2D eigenvalue weighted by Crippen LogP contribution is -2.19. The first-order chi connectivity index (χ1) is 11.6. The standard InChI is InChI=1S/C18H24N6/c1-14-16(18(22(2)3)23(4)21-14)12-20-11-15-7-5-6-8-17(15)24-10-9-19-13-24/h5-10,13,20H,11-12H2,1-4H3. The molecule has 2 aromatic heterocycles. The number of para-hydroxylation sites is 1.